The molecule has 0 aromatic heterocycles. The summed E-state index contributed by atoms with van der Waals surface area (Å²) in [6.45, 7) is 2.49. The van der Waals surface area contributed by atoms with Crippen LogP contribution < -0.4 is 0 Å². The van der Waals surface area contributed by atoms with E-state index >= 15 is 0 Å². The van der Waals surface area contributed by atoms with E-state index in [-0.39, 0.29) is 0 Å². The highest BCUT2D eigenvalue weighted by molar-refractivity contribution is 5.66. The first-order valence-electron chi connectivity index (χ1n) is 9.30. The van der Waals surface area contributed by atoms with Gasteiger partial charge in [0.2, 0.25) is 0 Å². The van der Waals surface area contributed by atoms with Gasteiger partial charge in [-0.15, -0.1) is 0 Å². The Morgan fingerprint density at radius 1 is 0.929 bits per heavy atom. The maximum absolute atomic E-state index is 11.6. The second-order valence-electron chi connectivity index (χ2n) is 6.61. The lowest BCUT2D eigenvalue weighted by molar-refractivity contribution is -0.180. The van der Waals surface area contributed by atoms with Crippen LogP contribution in [0.4, 0.5) is 0 Å². The van der Waals surface area contributed by atoms with Gasteiger partial charge in [-0.25, -0.2) is 0 Å². The molecule has 2 aromatic rings. The van der Waals surface area contributed by atoms with Crippen molar-refractivity contribution in [3.05, 3.63) is 71.8 Å². The van der Waals surface area contributed by atoms with Gasteiger partial charge in [0.05, 0.1) is 19.8 Å². The van der Waals surface area contributed by atoms with E-state index in [0.717, 1.165) is 11.1 Å². The molecule has 1 heterocycles. The summed E-state index contributed by atoms with van der Waals surface area (Å²) in [7, 11) is 1.52. The Balaban J connectivity index is 1.65. The van der Waals surface area contributed by atoms with Gasteiger partial charge in [0.25, 0.3) is 0 Å². The van der Waals surface area contributed by atoms with E-state index in [1.807, 2.05) is 60.7 Å². The molecule has 28 heavy (non-hydrogen) atoms. The van der Waals surface area contributed by atoms with Crippen molar-refractivity contribution in [2.75, 3.05) is 13.7 Å². The van der Waals surface area contributed by atoms with E-state index in [1.54, 1.807) is 0 Å². The van der Waals surface area contributed by atoms with Crippen LogP contribution in [0, 0.1) is 0 Å². The molecule has 6 heteroatoms. The van der Waals surface area contributed by atoms with Crippen LogP contribution in [0.5, 0.6) is 0 Å². The standard InChI is InChI=1S/C22H26O6/c1-16(23)27-21-20(26-14-18-11-7-4-8-12-18)19(28-22(21)24-2)15-25-13-17-9-5-3-6-10-17/h3-12,19-22H,13-15H2,1-2H3/t19-,20-,21-,22-/m1/s1. The number of ether oxygens (including phenoxy) is 5. The molecular weight excluding hydrogens is 360 g/mol. The molecule has 1 saturated heterocycles. The molecule has 0 radical (unpaired) electrons. The quantitative estimate of drug-likeness (QED) is 0.617. The van der Waals surface area contributed by atoms with Crippen LogP contribution >= 0.6 is 0 Å². The number of esters is 1. The molecule has 0 amide bonds. The highest BCUT2D eigenvalue weighted by Gasteiger charge is 2.48. The number of hydrogen-bond acceptors (Lipinski definition) is 6. The van der Waals surface area contributed by atoms with Gasteiger partial charge < -0.3 is 23.7 Å². The van der Waals surface area contributed by atoms with Crippen molar-refractivity contribution in [2.45, 2.75) is 44.7 Å². The van der Waals surface area contributed by atoms with Gasteiger partial charge in [-0.05, 0) is 11.1 Å². The maximum atomic E-state index is 11.6. The minimum absolute atomic E-state index is 0.298. The first kappa shape index (κ1) is 20.5. The Kier molecular flexibility index (Phi) is 7.56. The summed E-state index contributed by atoms with van der Waals surface area (Å²) in [4.78, 5) is 11.6. The normalized spacial score (nSPS) is 24.2. The number of hydrogen-bond donors (Lipinski definition) is 0. The molecular formula is C22H26O6. The molecule has 0 spiro atoms. The summed E-state index contributed by atoms with van der Waals surface area (Å²) < 4.78 is 28.6. The molecule has 150 valence electrons. The van der Waals surface area contributed by atoms with Crippen LogP contribution in [0.25, 0.3) is 0 Å². The molecule has 0 N–H and O–H groups in total. The summed E-state index contributed by atoms with van der Waals surface area (Å²) in [5.41, 5.74) is 2.09. The van der Waals surface area contributed by atoms with E-state index in [4.69, 9.17) is 23.7 Å². The Morgan fingerprint density at radius 2 is 1.54 bits per heavy atom. The van der Waals surface area contributed by atoms with Gasteiger partial charge in [-0.3, -0.25) is 4.79 Å². The van der Waals surface area contributed by atoms with Crippen LogP contribution in [0.3, 0.4) is 0 Å². The molecule has 0 bridgehead atoms. The molecule has 3 rings (SSSR count). The SMILES string of the molecule is CO[C@@H]1O[C@H](COCc2ccccc2)[C@@H](OCc2ccccc2)[C@H]1OC(C)=O. The zero-order valence-electron chi connectivity index (χ0n) is 16.2. The van der Waals surface area contributed by atoms with Crippen molar-refractivity contribution in [1.29, 1.82) is 0 Å². The van der Waals surface area contributed by atoms with Gasteiger partial charge in [0.15, 0.2) is 12.4 Å². The first-order valence-corrected chi connectivity index (χ1v) is 9.30. The average Bonchev–Trinajstić information content (AvgIpc) is 3.04. The van der Waals surface area contributed by atoms with Crippen LogP contribution in [0.1, 0.15) is 18.1 Å². The van der Waals surface area contributed by atoms with Crippen molar-refractivity contribution in [1.82, 2.24) is 0 Å². The van der Waals surface area contributed by atoms with Crippen LogP contribution in [-0.2, 0) is 41.7 Å². The van der Waals surface area contributed by atoms with Crippen molar-refractivity contribution >= 4 is 5.97 Å². The predicted molar refractivity (Wildman–Crippen MR) is 102 cm³/mol. The van der Waals surface area contributed by atoms with E-state index in [2.05, 4.69) is 0 Å². The maximum Gasteiger partial charge on any atom is 0.303 e. The Morgan fingerprint density at radius 3 is 2.11 bits per heavy atom. The second kappa shape index (κ2) is 10.3. The number of benzene rings is 2. The summed E-state index contributed by atoms with van der Waals surface area (Å²) in [6, 6.07) is 19.7. The van der Waals surface area contributed by atoms with Crippen molar-refractivity contribution in [3.8, 4) is 0 Å². The lowest BCUT2D eigenvalue weighted by Crippen LogP contribution is -2.40. The Bertz CT molecular complexity index is 720. The van der Waals surface area contributed by atoms with Crippen molar-refractivity contribution in [3.63, 3.8) is 0 Å². The Hall–Kier alpha value is -2.25. The highest BCUT2D eigenvalue weighted by atomic mass is 16.7. The van der Waals surface area contributed by atoms with Crippen LogP contribution in [0.15, 0.2) is 60.7 Å². The van der Waals surface area contributed by atoms with Gasteiger partial charge >= 0.3 is 5.97 Å². The smallest absolute Gasteiger partial charge is 0.303 e. The van der Waals surface area contributed by atoms with Crippen molar-refractivity contribution < 1.29 is 28.5 Å². The van der Waals surface area contributed by atoms with E-state index in [9.17, 15) is 4.79 Å². The van der Waals surface area contributed by atoms with E-state index < -0.39 is 30.6 Å². The predicted octanol–water partition coefficient (Wildman–Crippen LogP) is 3.09. The van der Waals surface area contributed by atoms with Gasteiger partial charge in [0, 0.05) is 14.0 Å². The lowest BCUT2D eigenvalue weighted by Gasteiger charge is -2.23. The summed E-state index contributed by atoms with van der Waals surface area (Å²) >= 11 is 0. The minimum Gasteiger partial charge on any atom is -0.454 e. The van der Waals surface area contributed by atoms with Crippen LogP contribution in [0.2, 0.25) is 0 Å². The molecule has 1 aliphatic rings. The minimum atomic E-state index is -0.699. The zero-order valence-corrected chi connectivity index (χ0v) is 16.2. The molecule has 0 unspecified atom stereocenters. The molecule has 6 nitrogen and oxygen atoms in total. The third-order valence-corrected chi connectivity index (χ3v) is 4.48. The summed E-state index contributed by atoms with van der Waals surface area (Å²) in [5, 5.41) is 0. The fraction of sp³-hybridized carbons (Fsp3) is 0.409. The monoisotopic (exact) mass is 386 g/mol. The topological polar surface area (TPSA) is 63.2 Å². The molecule has 0 saturated carbocycles. The average molecular weight is 386 g/mol. The number of carbonyl (C=O) groups is 1. The molecule has 0 aliphatic carbocycles. The van der Waals surface area contributed by atoms with Gasteiger partial charge in [-0.1, -0.05) is 60.7 Å². The van der Waals surface area contributed by atoms with Gasteiger partial charge in [0.1, 0.15) is 12.2 Å². The summed E-state index contributed by atoms with van der Waals surface area (Å²) in [6.07, 6.45) is -2.27. The molecule has 2 aromatic carbocycles. The first-order chi connectivity index (χ1) is 13.7. The third kappa shape index (κ3) is 5.62. The largest absolute Gasteiger partial charge is 0.454 e. The van der Waals surface area contributed by atoms with Gasteiger partial charge in [-0.2, -0.15) is 0 Å². The van der Waals surface area contributed by atoms with E-state index in [0.29, 0.717) is 19.8 Å². The fourth-order valence-corrected chi connectivity index (χ4v) is 3.17. The molecule has 1 fully saturated rings. The second-order valence-corrected chi connectivity index (χ2v) is 6.61. The number of methoxy groups -OCH3 is 1. The number of rotatable bonds is 9. The summed E-state index contributed by atoms with van der Waals surface area (Å²) in [5.74, 6) is -0.408. The molecule has 1 aliphatic heterocycles. The Labute approximate surface area is 165 Å². The zero-order chi connectivity index (χ0) is 19.8. The number of carbonyl (C=O) groups excluding carboxylic acids is 1. The molecule has 4 atom stereocenters. The lowest BCUT2D eigenvalue weighted by atomic mass is 10.1. The van der Waals surface area contributed by atoms with Crippen molar-refractivity contribution in [2.24, 2.45) is 0 Å². The third-order valence-electron chi connectivity index (χ3n) is 4.48. The fourth-order valence-electron chi connectivity index (χ4n) is 3.17. The highest BCUT2D eigenvalue weighted by Crippen LogP contribution is 2.28. The van der Waals surface area contributed by atoms with E-state index in [1.165, 1.54) is 14.0 Å². The van der Waals surface area contributed by atoms with Crippen LogP contribution in [-0.4, -0.2) is 44.3 Å².